The molecule has 0 aromatic heterocycles. The first-order chi connectivity index (χ1) is 13.2. The van der Waals surface area contributed by atoms with Gasteiger partial charge in [-0.25, -0.2) is 0 Å². The maximum Gasteiger partial charge on any atom is 0.243 e. The summed E-state index contributed by atoms with van der Waals surface area (Å²) in [6.07, 6.45) is 21.6. The number of amides is 1. The molecule has 0 spiro atoms. The van der Waals surface area contributed by atoms with Crippen LogP contribution in [-0.2, 0) is 4.79 Å². The highest BCUT2D eigenvalue weighted by molar-refractivity contribution is 5.86. The fourth-order valence-electron chi connectivity index (χ4n) is 3.51. The number of carbonyl (C=O) groups is 1. The summed E-state index contributed by atoms with van der Waals surface area (Å²) in [5.41, 5.74) is 0. The minimum absolute atomic E-state index is 0.0549. The fraction of sp³-hybridized carbons (Fsp3) is 0.875. The van der Waals surface area contributed by atoms with Crippen molar-refractivity contribution >= 4 is 5.91 Å². The molecule has 0 unspecified atom stereocenters. The number of hydrogen-bond donors (Lipinski definition) is 1. The van der Waals surface area contributed by atoms with Crippen molar-refractivity contribution in [1.82, 2.24) is 10.2 Å². The van der Waals surface area contributed by atoms with Crippen molar-refractivity contribution < 1.29 is 4.79 Å². The molecule has 0 atom stereocenters. The molecule has 1 amide bonds. The number of unbranched alkanes of at least 4 members (excludes halogenated alkanes) is 12. The molecular weight excluding hydrogens is 332 g/mol. The van der Waals surface area contributed by atoms with Crippen LogP contribution in [0.4, 0.5) is 0 Å². The van der Waals surface area contributed by atoms with Crippen molar-refractivity contribution in [3.8, 4) is 0 Å². The number of rotatable bonds is 21. The molecule has 0 bridgehead atoms. The standard InChI is InChI=1S/C24H48N2O/c1-4-7-9-11-13-15-17-21-26(23-19-20-25-24(27)6-3)22-18-16-14-12-10-8-5-2/h6H,3-5,7-23H2,1-2H3,(H,25,27). The Labute approximate surface area is 170 Å². The number of carbonyl (C=O) groups excluding carboxylic acids is 1. The molecule has 3 heteroatoms. The molecule has 0 aliphatic rings. The zero-order chi connectivity index (χ0) is 20.0. The maximum absolute atomic E-state index is 11.3. The second-order valence-corrected chi connectivity index (χ2v) is 7.93. The molecule has 0 fully saturated rings. The summed E-state index contributed by atoms with van der Waals surface area (Å²) in [6, 6.07) is 0. The van der Waals surface area contributed by atoms with E-state index in [0.717, 1.165) is 19.5 Å². The molecule has 0 rings (SSSR count). The smallest absolute Gasteiger partial charge is 0.243 e. The third-order valence-electron chi connectivity index (χ3n) is 5.29. The normalized spacial score (nSPS) is 11.1. The van der Waals surface area contributed by atoms with Crippen LogP contribution < -0.4 is 5.32 Å². The third-order valence-corrected chi connectivity index (χ3v) is 5.29. The molecule has 0 aromatic carbocycles. The number of hydrogen-bond acceptors (Lipinski definition) is 2. The maximum atomic E-state index is 11.3. The second kappa shape index (κ2) is 21.5. The number of nitrogens with zero attached hydrogens (tertiary/aromatic N) is 1. The minimum Gasteiger partial charge on any atom is -0.353 e. The lowest BCUT2D eigenvalue weighted by molar-refractivity contribution is -0.116. The Morgan fingerprint density at radius 2 is 1.11 bits per heavy atom. The van der Waals surface area contributed by atoms with Gasteiger partial charge in [-0.05, 0) is 45.0 Å². The predicted molar refractivity (Wildman–Crippen MR) is 120 cm³/mol. The van der Waals surface area contributed by atoms with Crippen LogP contribution in [-0.4, -0.2) is 37.0 Å². The van der Waals surface area contributed by atoms with E-state index in [1.165, 1.54) is 109 Å². The Balaban J connectivity index is 3.87. The Hall–Kier alpha value is -0.830. The summed E-state index contributed by atoms with van der Waals surface area (Å²) in [7, 11) is 0. The monoisotopic (exact) mass is 380 g/mol. The lowest BCUT2D eigenvalue weighted by Gasteiger charge is -2.22. The zero-order valence-electron chi connectivity index (χ0n) is 18.6. The second-order valence-electron chi connectivity index (χ2n) is 7.93. The van der Waals surface area contributed by atoms with Gasteiger partial charge in [0.05, 0.1) is 0 Å². The topological polar surface area (TPSA) is 32.3 Å². The van der Waals surface area contributed by atoms with Gasteiger partial charge in [0, 0.05) is 6.54 Å². The van der Waals surface area contributed by atoms with E-state index < -0.39 is 0 Å². The van der Waals surface area contributed by atoms with Crippen molar-refractivity contribution in [1.29, 1.82) is 0 Å². The molecule has 0 saturated carbocycles. The summed E-state index contributed by atoms with van der Waals surface area (Å²) in [5.74, 6) is -0.0549. The molecule has 0 saturated heterocycles. The van der Waals surface area contributed by atoms with E-state index in [1.807, 2.05) is 0 Å². The van der Waals surface area contributed by atoms with E-state index in [4.69, 9.17) is 0 Å². The average Bonchev–Trinajstić information content (AvgIpc) is 2.68. The van der Waals surface area contributed by atoms with Crippen LogP contribution in [0.1, 0.15) is 110 Å². The molecule has 0 aliphatic carbocycles. The van der Waals surface area contributed by atoms with Crippen LogP contribution in [0.15, 0.2) is 12.7 Å². The van der Waals surface area contributed by atoms with Gasteiger partial charge in [0.2, 0.25) is 5.91 Å². The fourth-order valence-corrected chi connectivity index (χ4v) is 3.51. The van der Waals surface area contributed by atoms with Crippen molar-refractivity contribution in [2.45, 2.75) is 110 Å². The minimum atomic E-state index is -0.0549. The van der Waals surface area contributed by atoms with Crippen LogP contribution in [0.2, 0.25) is 0 Å². The van der Waals surface area contributed by atoms with Gasteiger partial charge in [0.1, 0.15) is 0 Å². The van der Waals surface area contributed by atoms with Crippen LogP contribution in [0.25, 0.3) is 0 Å². The third kappa shape index (κ3) is 19.7. The van der Waals surface area contributed by atoms with Crippen LogP contribution in [0.3, 0.4) is 0 Å². The van der Waals surface area contributed by atoms with Gasteiger partial charge in [-0.3, -0.25) is 4.79 Å². The lowest BCUT2D eigenvalue weighted by atomic mass is 10.1. The highest BCUT2D eigenvalue weighted by Gasteiger charge is 2.05. The summed E-state index contributed by atoms with van der Waals surface area (Å²) < 4.78 is 0. The first-order valence-electron chi connectivity index (χ1n) is 11.9. The Morgan fingerprint density at radius 3 is 1.56 bits per heavy atom. The molecule has 0 heterocycles. The van der Waals surface area contributed by atoms with Crippen LogP contribution in [0.5, 0.6) is 0 Å². The average molecular weight is 381 g/mol. The highest BCUT2D eigenvalue weighted by Crippen LogP contribution is 2.10. The van der Waals surface area contributed by atoms with Gasteiger partial charge in [0.15, 0.2) is 0 Å². The summed E-state index contributed by atoms with van der Waals surface area (Å²) >= 11 is 0. The molecule has 3 nitrogen and oxygen atoms in total. The molecular formula is C24H48N2O. The van der Waals surface area contributed by atoms with E-state index in [2.05, 4.69) is 30.6 Å². The van der Waals surface area contributed by atoms with E-state index >= 15 is 0 Å². The molecule has 0 radical (unpaired) electrons. The molecule has 1 N–H and O–H groups in total. The van der Waals surface area contributed by atoms with E-state index in [0.29, 0.717) is 0 Å². The predicted octanol–water partition coefficient (Wildman–Crippen LogP) is 6.48. The van der Waals surface area contributed by atoms with Gasteiger partial charge in [-0.2, -0.15) is 0 Å². The van der Waals surface area contributed by atoms with Crippen molar-refractivity contribution in [2.24, 2.45) is 0 Å². The van der Waals surface area contributed by atoms with E-state index in [9.17, 15) is 4.79 Å². The van der Waals surface area contributed by atoms with Crippen LogP contribution >= 0.6 is 0 Å². The Morgan fingerprint density at radius 1 is 0.704 bits per heavy atom. The summed E-state index contributed by atoms with van der Waals surface area (Å²) in [5, 5.41) is 2.90. The van der Waals surface area contributed by atoms with E-state index in [-0.39, 0.29) is 5.91 Å². The summed E-state index contributed by atoms with van der Waals surface area (Å²) in [4.78, 5) is 13.9. The molecule has 160 valence electrons. The van der Waals surface area contributed by atoms with Gasteiger partial charge in [-0.1, -0.05) is 97.5 Å². The van der Waals surface area contributed by atoms with E-state index in [1.54, 1.807) is 0 Å². The largest absolute Gasteiger partial charge is 0.353 e. The quantitative estimate of drug-likeness (QED) is 0.182. The van der Waals surface area contributed by atoms with Gasteiger partial charge in [-0.15, -0.1) is 0 Å². The first kappa shape index (κ1) is 26.2. The number of nitrogens with one attached hydrogen (secondary N) is 1. The first-order valence-corrected chi connectivity index (χ1v) is 11.9. The molecule has 27 heavy (non-hydrogen) atoms. The molecule has 0 aliphatic heterocycles. The van der Waals surface area contributed by atoms with Gasteiger partial charge >= 0.3 is 0 Å². The van der Waals surface area contributed by atoms with Gasteiger partial charge < -0.3 is 10.2 Å². The van der Waals surface area contributed by atoms with Crippen molar-refractivity contribution in [3.63, 3.8) is 0 Å². The van der Waals surface area contributed by atoms with Crippen LogP contribution in [0, 0.1) is 0 Å². The van der Waals surface area contributed by atoms with Gasteiger partial charge in [0.25, 0.3) is 0 Å². The van der Waals surface area contributed by atoms with Crippen molar-refractivity contribution in [2.75, 3.05) is 26.2 Å². The Kier molecular flexibility index (Phi) is 20.8. The summed E-state index contributed by atoms with van der Waals surface area (Å²) in [6.45, 7) is 12.4. The highest BCUT2D eigenvalue weighted by atomic mass is 16.1. The van der Waals surface area contributed by atoms with Crippen molar-refractivity contribution in [3.05, 3.63) is 12.7 Å². The molecule has 0 aromatic rings. The SMILES string of the molecule is C=CC(=O)NCCCN(CCCCCCCCC)CCCCCCCCC. The Bertz CT molecular complexity index is 312. The zero-order valence-corrected chi connectivity index (χ0v) is 18.6. The lowest BCUT2D eigenvalue weighted by Crippen LogP contribution is -2.30.